The van der Waals surface area contributed by atoms with E-state index in [9.17, 15) is 0 Å². The maximum absolute atomic E-state index is 5.68. The number of nitrogens with two attached hydrogens (primary N) is 1. The van der Waals surface area contributed by atoms with Gasteiger partial charge in [0, 0.05) is 26.3 Å². The molecule has 0 aliphatic rings. The van der Waals surface area contributed by atoms with Crippen molar-refractivity contribution in [1.82, 2.24) is 4.98 Å². The van der Waals surface area contributed by atoms with E-state index in [1.165, 1.54) is 6.20 Å². The maximum atomic E-state index is 5.68. The van der Waals surface area contributed by atoms with Crippen molar-refractivity contribution in [1.29, 1.82) is 0 Å². The summed E-state index contributed by atoms with van der Waals surface area (Å²) in [6.07, 6.45) is 2.31. The second-order valence-electron chi connectivity index (χ2n) is 2.74. The summed E-state index contributed by atoms with van der Waals surface area (Å²) >= 11 is 5.68. The molecule has 14 heavy (non-hydrogen) atoms. The molecule has 5 heteroatoms. The van der Waals surface area contributed by atoms with Crippen molar-refractivity contribution in [3.63, 3.8) is 0 Å². The number of anilines is 1. The van der Waals surface area contributed by atoms with E-state index in [4.69, 9.17) is 26.8 Å². The fraction of sp³-hybridized carbons (Fsp3) is 0.444. The molecule has 0 saturated carbocycles. The molecule has 1 heterocycles. The number of nitrogens with zero attached hydrogens (tertiary/aromatic N) is 1. The molecule has 0 atom stereocenters. The zero-order valence-corrected chi connectivity index (χ0v) is 8.75. The lowest BCUT2D eigenvalue weighted by Crippen LogP contribution is -2.04. The highest BCUT2D eigenvalue weighted by atomic mass is 35.5. The fourth-order valence-corrected chi connectivity index (χ4v) is 1.10. The molecule has 78 valence electrons. The van der Waals surface area contributed by atoms with Crippen molar-refractivity contribution in [2.45, 2.75) is 6.42 Å². The molecule has 1 aromatic rings. The Kier molecular flexibility index (Phi) is 4.49. The molecule has 0 saturated heterocycles. The van der Waals surface area contributed by atoms with Crippen LogP contribution < -0.4 is 10.5 Å². The first kappa shape index (κ1) is 11.1. The number of hydrogen-bond donors (Lipinski definition) is 1. The number of pyridine rings is 1. The van der Waals surface area contributed by atoms with E-state index < -0.39 is 0 Å². The average molecular weight is 217 g/mol. The van der Waals surface area contributed by atoms with Gasteiger partial charge in [0.1, 0.15) is 0 Å². The average Bonchev–Trinajstić information content (AvgIpc) is 2.15. The van der Waals surface area contributed by atoms with Gasteiger partial charge in [-0.05, 0) is 6.07 Å². The molecule has 0 spiro atoms. The molecule has 1 aromatic heterocycles. The van der Waals surface area contributed by atoms with Gasteiger partial charge in [0.05, 0.1) is 17.3 Å². The molecule has 0 aliphatic heterocycles. The highest BCUT2D eigenvalue weighted by Gasteiger charge is 2.02. The van der Waals surface area contributed by atoms with E-state index in [1.54, 1.807) is 13.2 Å². The topological polar surface area (TPSA) is 57.4 Å². The third-order valence-electron chi connectivity index (χ3n) is 1.58. The van der Waals surface area contributed by atoms with Gasteiger partial charge >= 0.3 is 0 Å². The van der Waals surface area contributed by atoms with Crippen molar-refractivity contribution in [2.24, 2.45) is 0 Å². The minimum absolute atomic E-state index is 0.422. The fourth-order valence-electron chi connectivity index (χ4n) is 0.935. The highest BCUT2D eigenvalue weighted by molar-refractivity contribution is 6.30. The van der Waals surface area contributed by atoms with Gasteiger partial charge in [0.2, 0.25) is 5.88 Å². The van der Waals surface area contributed by atoms with Gasteiger partial charge in [-0.1, -0.05) is 11.6 Å². The highest BCUT2D eigenvalue weighted by Crippen LogP contribution is 2.21. The first-order chi connectivity index (χ1) is 6.74. The number of methoxy groups -OCH3 is 1. The quantitative estimate of drug-likeness (QED) is 0.762. The molecule has 0 unspecified atom stereocenters. The Morgan fingerprint density at radius 3 is 2.93 bits per heavy atom. The van der Waals surface area contributed by atoms with Gasteiger partial charge in [-0.2, -0.15) is 0 Å². The summed E-state index contributed by atoms with van der Waals surface area (Å²) in [6.45, 7) is 1.19. The number of halogens is 1. The minimum atomic E-state index is 0.422. The molecule has 0 aromatic carbocycles. The molecule has 0 radical (unpaired) electrons. The van der Waals surface area contributed by atoms with Crippen LogP contribution in [0.3, 0.4) is 0 Å². The predicted molar refractivity (Wildman–Crippen MR) is 55.6 cm³/mol. The number of aromatic nitrogens is 1. The first-order valence-corrected chi connectivity index (χ1v) is 4.64. The van der Waals surface area contributed by atoms with Gasteiger partial charge in [-0.25, -0.2) is 4.98 Å². The van der Waals surface area contributed by atoms with Crippen LogP contribution in [0, 0.1) is 0 Å². The van der Waals surface area contributed by atoms with Gasteiger partial charge in [0.15, 0.2) is 0 Å². The van der Waals surface area contributed by atoms with E-state index >= 15 is 0 Å². The van der Waals surface area contributed by atoms with Gasteiger partial charge < -0.3 is 15.2 Å². The molecular formula is C9H13ClN2O2. The van der Waals surface area contributed by atoms with Crippen LogP contribution in [0.4, 0.5) is 5.69 Å². The summed E-state index contributed by atoms with van der Waals surface area (Å²) in [4.78, 5) is 3.96. The zero-order valence-electron chi connectivity index (χ0n) is 8.00. The van der Waals surface area contributed by atoms with Crippen LogP contribution in [0.25, 0.3) is 0 Å². The summed E-state index contributed by atoms with van der Waals surface area (Å²) in [5.41, 5.74) is 6.09. The van der Waals surface area contributed by atoms with E-state index in [0.717, 1.165) is 6.42 Å². The van der Waals surface area contributed by atoms with E-state index in [-0.39, 0.29) is 0 Å². The normalized spacial score (nSPS) is 10.1. The van der Waals surface area contributed by atoms with Crippen LogP contribution in [-0.2, 0) is 4.74 Å². The van der Waals surface area contributed by atoms with Crippen molar-refractivity contribution in [3.05, 3.63) is 17.3 Å². The third-order valence-corrected chi connectivity index (χ3v) is 1.78. The first-order valence-electron chi connectivity index (χ1n) is 4.27. The lowest BCUT2D eigenvalue weighted by atomic mass is 10.4. The minimum Gasteiger partial charge on any atom is -0.476 e. The molecule has 0 bridgehead atoms. The SMILES string of the molecule is COCCCOc1ncc(Cl)cc1N. The Hall–Kier alpha value is -1.00. The number of rotatable bonds is 5. The number of ether oxygens (including phenoxy) is 2. The molecule has 0 fully saturated rings. The Labute approximate surface area is 88.0 Å². The van der Waals surface area contributed by atoms with Crippen molar-refractivity contribution >= 4 is 17.3 Å². The Balaban J connectivity index is 2.42. The maximum Gasteiger partial charge on any atom is 0.237 e. The van der Waals surface area contributed by atoms with Crippen LogP contribution in [0.2, 0.25) is 5.02 Å². The van der Waals surface area contributed by atoms with Crippen LogP contribution in [0.15, 0.2) is 12.3 Å². The van der Waals surface area contributed by atoms with Crippen LogP contribution in [-0.4, -0.2) is 25.3 Å². The van der Waals surface area contributed by atoms with Gasteiger partial charge in [0.25, 0.3) is 0 Å². The second-order valence-corrected chi connectivity index (χ2v) is 3.18. The Morgan fingerprint density at radius 1 is 1.50 bits per heavy atom. The van der Waals surface area contributed by atoms with Gasteiger partial charge in [-0.3, -0.25) is 0 Å². The molecule has 2 N–H and O–H groups in total. The van der Waals surface area contributed by atoms with Crippen LogP contribution in [0.5, 0.6) is 5.88 Å². The summed E-state index contributed by atoms with van der Waals surface area (Å²) < 4.78 is 10.2. The van der Waals surface area contributed by atoms with E-state index in [2.05, 4.69) is 4.98 Å². The molecule has 0 aliphatic carbocycles. The summed E-state index contributed by atoms with van der Waals surface area (Å²) in [7, 11) is 1.65. The Morgan fingerprint density at radius 2 is 2.29 bits per heavy atom. The monoisotopic (exact) mass is 216 g/mol. The largest absolute Gasteiger partial charge is 0.476 e. The predicted octanol–water partition coefficient (Wildman–Crippen LogP) is 1.73. The van der Waals surface area contributed by atoms with E-state index in [0.29, 0.717) is 29.8 Å². The Bertz CT molecular complexity index is 294. The lowest BCUT2D eigenvalue weighted by Gasteiger charge is -2.06. The zero-order chi connectivity index (χ0) is 10.4. The molecular weight excluding hydrogens is 204 g/mol. The standard InChI is InChI=1S/C9H13ClN2O2/c1-13-3-2-4-14-9-8(11)5-7(10)6-12-9/h5-6H,2-4,11H2,1H3. The molecule has 0 amide bonds. The van der Waals surface area contributed by atoms with Crippen molar-refractivity contribution in [3.8, 4) is 5.88 Å². The smallest absolute Gasteiger partial charge is 0.237 e. The molecule has 4 nitrogen and oxygen atoms in total. The third kappa shape index (κ3) is 3.40. The second kappa shape index (κ2) is 5.67. The number of nitrogen functional groups attached to an aromatic ring is 1. The van der Waals surface area contributed by atoms with Crippen molar-refractivity contribution < 1.29 is 9.47 Å². The summed E-state index contributed by atoms with van der Waals surface area (Å²) in [5.74, 6) is 0.422. The van der Waals surface area contributed by atoms with Gasteiger partial charge in [-0.15, -0.1) is 0 Å². The number of hydrogen-bond acceptors (Lipinski definition) is 4. The van der Waals surface area contributed by atoms with Crippen LogP contribution >= 0.6 is 11.6 Å². The summed E-state index contributed by atoms with van der Waals surface area (Å²) in [5, 5.41) is 0.506. The molecule has 1 rings (SSSR count). The summed E-state index contributed by atoms with van der Waals surface area (Å²) in [6, 6.07) is 1.61. The van der Waals surface area contributed by atoms with E-state index in [1.807, 2.05) is 0 Å². The van der Waals surface area contributed by atoms with Crippen LogP contribution in [0.1, 0.15) is 6.42 Å². The van der Waals surface area contributed by atoms with Crippen molar-refractivity contribution in [2.75, 3.05) is 26.1 Å². The lowest BCUT2D eigenvalue weighted by molar-refractivity contribution is 0.171.